The summed E-state index contributed by atoms with van der Waals surface area (Å²) in [6, 6.07) is 9.87. The molecule has 3 amide bonds. The Hall–Kier alpha value is -2.37. The lowest BCUT2D eigenvalue weighted by atomic mass is 10.1. The highest BCUT2D eigenvalue weighted by Crippen LogP contribution is 2.23. The van der Waals surface area contributed by atoms with Gasteiger partial charge in [0.1, 0.15) is 0 Å². The van der Waals surface area contributed by atoms with Gasteiger partial charge >= 0.3 is 0 Å². The van der Waals surface area contributed by atoms with Crippen molar-refractivity contribution in [2.24, 2.45) is 5.92 Å². The first kappa shape index (κ1) is 19.4. The molecule has 0 saturated carbocycles. The zero-order valence-electron chi connectivity index (χ0n) is 16.3. The van der Waals surface area contributed by atoms with Gasteiger partial charge in [-0.15, -0.1) is 0 Å². The number of likely N-dealkylation sites (tertiary alicyclic amines) is 1. The Bertz CT molecular complexity index is 689. The molecule has 1 aromatic rings. The normalized spacial score (nSPS) is 20.9. The fourth-order valence-electron chi connectivity index (χ4n) is 3.92. The van der Waals surface area contributed by atoms with E-state index in [1.807, 2.05) is 54.0 Å². The van der Waals surface area contributed by atoms with Crippen LogP contribution in [0.4, 0.5) is 0 Å². The molecule has 0 aliphatic carbocycles. The number of amides is 3. The molecule has 2 heterocycles. The Morgan fingerprint density at radius 3 is 2.37 bits per heavy atom. The van der Waals surface area contributed by atoms with E-state index in [-0.39, 0.29) is 29.7 Å². The van der Waals surface area contributed by atoms with Crippen molar-refractivity contribution in [1.82, 2.24) is 14.7 Å². The zero-order chi connectivity index (χ0) is 19.4. The van der Waals surface area contributed by atoms with E-state index < -0.39 is 0 Å². The molecule has 1 atom stereocenters. The van der Waals surface area contributed by atoms with Crippen molar-refractivity contribution in [2.75, 3.05) is 32.7 Å². The number of carbonyl (C=O) groups is 3. The van der Waals surface area contributed by atoms with Gasteiger partial charge in [0.15, 0.2) is 0 Å². The number of rotatable bonds is 4. The van der Waals surface area contributed by atoms with Crippen molar-refractivity contribution in [3.8, 4) is 0 Å². The van der Waals surface area contributed by atoms with Crippen LogP contribution >= 0.6 is 0 Å². The number of hydrogen-bond donors (Lipinski definition) is 0. The molecule has 27 heavy (non-hydrogen) atoms. The minimum absolute atomic E-state index is 0.0591. The lowest BCUT2D eigenvalue weighted by Gasteiger charge is -2.25. The molecule has 0 aromatic heterocycles. The summed E-state index contributed by atoms with van der Waals surface area (Å²) in [5, 5.41) is 0. The molecule has 1 aromatic carbocycles. The van der Waals surface area contributed by atoms with Crippen LogP contribution < -0.4 is 0 Å². The molecule has 2 saturated heterocycles. The van der Waals surface area contributed by atoms with Gasteiger partial charge in [0.25, 0.3) is 0 Å². The van der Waals surface area contributed by atoms with Gasteiger partial charge in [-0.25, -0.2) is 0 Å². The third-order valence-electron chi connectivity index (χ3n) is 5.49. The van der Waals surface area contributed by atoms with Crippen LogP contribution in [0.1, 0.15) is 32.3 Å². The second-order valence-corrected chi connectivity index (χ2v) is 7.76. The highest BCUT2D eigenvalue weighted by Gasteiger charge is 2.37. The third-order valence-corrected chi connectivity index (χ3v) is 5.49. The van der Waals surface area contributed by atoms with Crippen molar-refractivity contribution < 1.29 is 14.4 Å². The predicted molar refractivity (Wildman–Crippen MR) is 103 cm³/mol. The Morgan fingerprint density at radius 1 is 1.04 bits per heavy atom. The van der Waals surface area contributed by atoms with Gasteiger partial charge in [-0.1, -0.05) is 30.3 Å². The molecule has 2 aliphatic rings. The van der Waals surface area contributed by atoms with E-state index in [1.165, 1.54) is 0 Å². The number of benzene rings is 1. The van der Waals surface area contributed by atoms with Gasteiger partial charge in [0, 0.05) is 45.2 Å². The molecule has 0 bridgehead atoms. The van der Waals surface area contributed by atoms with E-state index in [9.17, 15) is 14.4 Å². The van der Waals surface area contributed by atoms with Crippen molar-refractivity contribution in [3.05, 3.63) is 35.9 Å². The maximum atomic E-state index is 12.9. The topological polar surface area (TPSA) is 60.9 Å². The van der Waals surface area contributed by atoms with Crippen LogP contribution in [0.2, 0.25) is 0 Å². The maximum Gasteiger partial charge on any atom is 0.228 e. The Labute approximate surface area is 161 Å². The Balaban J connectivity index is 1.54. The first-order valence-electron chi connectivity index (χ1n) is 9.85. The average Bonchev–Trinajstić information content (AvgIpc) is 2.88. The second-order valence-electron chi connectivity index (χ2n) is 7.76. The van der Waals surface area contributed by atoms with E-state index in [4.69, 9.17) is 0 Å². The number of carbonyl (C=O) groups excluding carboxylic acids is 3. The molecular formula is C21H29N3O3. The van der Waals surface area contributed by atoms with Crippen LogP contribution in [-0.2, 0) is 20.8 Å². The molecule has 2 fully saturated rings. The fourth-order valence-corrected chi connectivity index (χ4v) is 3.92. The lowest BCUT2D eigenvalue weighted by Crippen LogP contribution is -2.41. The van der Waals surface area contributed by atoms with Gasteiger partial charge in [-0.3, -0.25) is 14.4 Å². The molecule has 6 heteroatoms. The summed E-state index contributed by atoms with van der Waals surface area (Å²) < 4.78 is 0. The first-order chi connectivity index (χ1) is 13.0. The molecule has 6 nitrogen and oxygen atoms in total. The van der Waals surface area contributed by atoms with Crippen LogP contribution in [0.25, 0.3) is 0 Å². The van der Waals surface area contributed by atoms with Crippen LogP contribution in [0, 0.1) is 5.92 Å². The van der Waals surface area contributed by atoms with Crippen LogP contribution in [0.3, 0.4) is 0 Å². The molecule has 146 valence electrons. The van der Waals surface area contributed by atoms with E-state index in [1.54, 1.807) is 4.90 Å². The van der Waals surface area contributed by atoms with Crippen LogP contribution in [0.5, 0.6) is 0 Å². The summed E-state index contributed by atoms with van der Waals surface area (Å²) in [7, 11) is 0. The van der Waals surface area contributed by atoms with E-state index >= 15 is 0 Å². The largest absolute Gasteiger partial charge is 0.341 e. The monoisotopic (exact) mass is 371 g/mol. The van der Waals surface area contributed by atoms with Crippen molar-refractivity contribution >= 4 is 17.7 Å². The SMILES string of the molecule is CC(C)N1CC(C(=O)N2CCCN(C(=O)Cc3ccccc3)CC2)CC1=O. The Kier molecular flexibility index (Phi) is 6.14. The zero-order valence-corrected chi connectivity index (χ0v) is 16.3. The standard InChI is InChI=1S/C21H29N3O3/c1-16(2)24-15-18(14-20(24)26)21(27)23-10-6-9-22(11-12-23)19(25)13-17-7-4-3-5-8-17/h3-5,7-8,16,18H,6,9-15H2,1-2H3. The van der Waals surface area contributed by atoms with Crippen molar-refractivity contribution in [2.45, 2.75) is 39.2 Å². The van der Waals surface area contributed by atoms with Gasteiger partial charge < -0.3 is 14.7 Å². The molecule has 1 unspecified atom stereocenters. The summed E-state index contributed by atoms with van der Waals surface area (Å²) in [5.41, 5.74) is 1.01. The molecule has 0 N–H and O–H groups in total. The number of nitrogens with zero attached hydrogens (tertiary/aromatic N) is 3. The quantitative estimate of drug-likeness (QED) is 0.807. The number of hydrogen-bond acceptors (Lipinski definition) is 3. The Morgan fingerprint density at radius 2 is 1.70 bits per heavy atom. The molecule has 3 rings (SSSR count). The summed E-state index contributed by atoms with van der Waals surface area (Å²) in [5.74, 6) is -0.00862. The second kappa shape index (κ2) is 8.55. The van der Waals surface area contributed by atoms with Gasteiger partial charge in [-0.05, 0) is 25.8 Å². The minimum Gasteiger partial charge on any atom is -0.341 e. The summed E-state index contributed by atoms with van der Waals surface area (Å²) in [6.07, 6.45) is 1.49. The summed E-state index contributed by atoms with van der Waals surface area (Å²) >= 11 is 0. The third kappa shape index (κ3) is 4.67. The molecule has 2 aliphatic heterocycles. The van der Waals surface area contributed by atoms with E-state index in [0.29, 0.717) is 45.6 Å². The lowest BCUT2D eigenvalue weighted by molar-refractivity contribution is -0.136. The van der Waals surface area contributed by atoms with Gasteiger partial charge in [-0.2, -0.15) is 0 Å². The molecular weight excluding hydrogens is 342 g/mol. The van der Waals surface area contributed by atoms with Crippen LogP contribution in [-0.4, -0.2) is 71.2 Å². The fraction of sp³-hybridized carbons (Fsp3) is 0.571. The highest BCUT2D eigenvalue weighted by atomic mass is 16.2. The van der Waals surface area contributed by atoms with Crippen molar-refractivity contribution in [3.63, 3.8) is 0 Å². The molecule has 0 spiro atoms. The maximum absolute atomic E-state index is 12.9. The van der Waals surface area contributed by atoms with E-state index in [0.717, 1.165) is 12.0 Å². The predicted octanol–water partition coefficient (Wildman–Crippen LogP) is 1.55. The first-order valence-corrected chi connectivity index (χ1v) is 9.85. The molecule has 0 radical (unpaired) electrons. The summed E-state index contributed by atoms with van der Waals surface area (Å²) in [4.78, 5) is 43.1. The van der Waals surface area contributed by atoms with Gasteiger partial charge in [0.05, 0.1) is 12.3 Å². The smallest absolute Gasteiger partial charge is 0.228 e. The van der Waals surface area contributed by atoms with E-state index in [2.05, 4.69) is 0 Å². The minimum atomic E-state index is -0.244. The average molecular weight is 371 g/mol. The van der Waals surface area contributed by atoms with Gasteiger partial charge in [0.2, 0.25) is 17.7 Å². The van der Waals surface area contributed by atoms with Crippen LogP contribution in [0.15, 0.2) is 30.3 Å². The highest BCUT2D eigenvalue weighted by molar-refractivity contribution is 5.89. The van der Waals surface area contributed by atoms with Crippen molar-refractivity contribution in [1.29, 1.82) is 0 Å². The summed E-state index contributed by atoms with van der Waals surface area (Å²) in [6.45, 7) is 6.91.